The third-order valence-electron chi connectivity index (χ3n) is 4.13. The molecule has 8 nitrogen and oxygen atoms in total. The average Bonchev–Trinajstić information content (AvgIpc) is 2.74. The van der Waals surface area contributed by atoms with Gasteiger partial charge >= 0.3 is 0 Å². The van der Waals surface area contributed by atoms with E-state index in [9.17, 15) is 8.42 Å². The zero-order chi connectivity index (χ0) is 21.1. The number of halogens is 1. The molecule has 0 atom stereocenters. The monoisotopic (exact) mass is 548 g/mol. The smallest absolute Gasteiger partial charge is 0.240 e. The zero-order valence-corrected chi connectivity index (χ0v) is 20.5. The van der Waals surface area contributed by atoms with Gasteiger partial charge in [-0.3, -0.25) is 4.99 Å². The first-order valence-electron chi connectivity index (χ1n) is 9.14. The maximum Gasteiger partial charge on any atom is 0.240 e. The number of aliphatic imine (C=N–C) groups is 1. The fourth-order valence-electron chi connectivity index (χ4n) is 2.62. The molecule has 0 unspecified atom stereocenters. The maximum absolute atomic E-state index is 12.3. The van der Waals surface area contributed by atoms with Crippen molar-refractivity contribution < 1.29 is 17.9 Å². The highest BCUT2D eigenvalue weighted by Crippen LogP contribution is 2.16. The second-order valence-corrected chi connectivity index (χ2v) is 7.90. The molecule has 0 heterocycles. The Kier molecular flexibility index (Phi) is 11.7. The van der Waals surface area contributed by atoms with E-state index in [0.717, 1.165) is 16.9 Å². The number of guanidine groups is 1. The van der Waals surface area contributed by atoms with Gasteiger partial charge in [-0.05, 0) is 23.8 Å². The molecule has 0 aliphatic rings. The lowest BCUT2D eigenvalue weighted by atomic mass is 10.2. The van der Waals surface area contributed by atoms with E-state index in [1.807, 2.05) is 30.3 Å². The molecule has 0 aliphatic heterocycles. The Hall–Kier alpha value is -1.89. The maximum atomic E-state index is 12.3. The molecule has 0 radical (unpaired) electrons. The first kappa shape index (κ1) is 26.1. The van der Waals surface area contributed by atoms with Crippen molar-refractivity contribution in [3.8, 4) is 5.75 Å². The molecule has 2 rings (SSSR count). The molecule has 3 N–H and O–H groups in total. The minimum absolute atomic E-state index is 0. The molecule has 166 valence electrons. The van der Waals surface area contributed by atoms with Crippen molar-refractivity contribution in [2.24, 2.45) is 4.99 Å². The Morgan fingerprint density at radius 3 is 2.47 bits per heavy atom. The molecule has 0 saturated carbocycles. The summed E-state index contributed by atoms with van der Waals surface area (Å²) in [6.45, 7) is 1.50. The van der Waals surface area contributed by atoms with Crippen LogP contribution in [0.15, 0.2) is 58.4 Å². The van der Waals surface area contributed by atoms with Crippen LogP contribution in [-0.2, 0) is 27.8 Å². The van der Waals surface area contributed by atoms with Crippen LogP contribution in [0.4, 0.5) is 0 Å². The Morgan fingerprint density at radius 2 is 1.77 bits per heavy atom. The van der Waals surface area contributed by atoms with Crippen molar-refractivity contribution in [3.05, 3.63) is 59.7 Å². The number of benzene rings is 2. The lowest BCUT2D eigenvalue weighted by Gasteiger charge is -2.14. The quantitative estimate of drug-likeness (QED) is 0.182. The Labute approximate surface area is 195 Å². The van der Waals surface area contributed by atoms with E-state index < -0.39 is 10.0 Å². The summed E-state index contributed by atoms with van der Waals surface area (Å²) in [6, 6.07) is 14.5. The number of sulfonamides is 1. The molecule has 0 amide bonds. The first-order chi connectivity index (χ1) is 14.0. The number of nitrogens with one attached hydrogen (secondary N) is 3. The van der Waals surface area contributed by atoms with Crippen molar-refractivity contribution in [1.29, 1.82) is 0 Å². The van der Waals surface area contributed by atoms with E-state index >= 15 is 0 Å². The Morgan fingerprint density at radius 1 is 1.03 bits per heavy atom. The molecule has 0 aromatic heterocycles. The van der Waals surface area contributed by atoms with Crippen LogP contribution in [0, 0.1) is 0 Å². The van der Waals surface area contributed by atoms with Gasteiger partial charge in [0.1, 0.15) is 5.75 Å². The molecule has 10 heteroatoms. The second kappa shape index (κ2) is 13.4. The largest absolute Gasteiger partial charge is 0.496 e. The molecule has 0 fully saturated rings. The summed E-state index contributed by atoms with van der Waals surface area (Å²) >= 11 is 0. The number of methoxy groups -OCH3 is 2. The summed E-state index contributed by atoms with van der Waals surface area (Å²) < 4.78 is 37.4. The van der Waals surface area contributed by atoms with Gasteiger partial charge in [0.15, 0.2) is 5.96 Å². The fourth-order valence-corrected chi connectivity index (χ4v) is 3.70. The van der Waals surface area contributed by atoms with Crippen LogP contribution in [0.25, 0.3) is 0 Å². The van der Waals surface area contributed by atoms with E-state index in [4.69, 9.17) is 9.47 Å². The highest BCUT2D eigenvalue weighted by Gasteiger charge is 2.13. The third-order valence-corrected chi connectivity index (χ3v) is 5.59. The highest BCUT2D eigenvalue weighted by atomic mass is 127. The van der Waals surface area contributed by atoms with E-state index in [2.05, 4.69) is 20.3 Å². The predicted molar refractivity (Wildman–Crippen MR) is 129 cm³/mol. The zero-order valence-electron chi connectivity index (χ0n) is 17.3. The third kappa shape index (κ3) is 8.09. The van der Waals surface area contributed by atoms with Crippen LogP contribution in [0.2, 0.25) is 0 Å². The van der Waals surface area contributed by atoms with Gasteiger partial charge in [0, 0.05) is 39.4 Å². The topological polar surface area (TPSA) is 101 Å². The fraction of sp³-hybridized carbons (Fsp3) is 0.350. The Bertz CT molecular complexity index is 923. The summed E-state index contributed by atoms with van der Waals surface area (Å²) in [4.78, 5) is 4.42. The standard InChI is InChI=1S/C20H28N4O4S.HI/c1-21-20(23-15-17-8-4-5-10-19(17)28-3)22-14-16-7-6-9-18(13-16)29(25,26)24-11-12-27-2;/h4-10,13,24H,11-12,14-15H2,1-3H3,(H2,21,22,23);1H. The summed E-state index contributed by atoms with van der Waals surface area (Å²) in [7, 11) is 1.27. The molecule has 0 bridgehead atoms. The van der Waals surface area contributed by atoms with E-state index in [0.29, 0.717) is 25.7 Å². The van der Waals surface area contributed by atoms with Gasteiger partial charge in [0.2, 0.25) is 10.0 Å². The van der Waals surface area contributed by atoms with Gasteiger partial charge in [-0.2, -0.15) is 0 Å². The van der Waals surface area contributed by atoms with Crippen molar-refractivity contribution >= 4 is 40.0 Å². The van der Waals surface area contributed by atoms with Gasteiger partial charge < -0.3 is 20.1 Å². The number of nitrogens with zero attached hydrogens (tertiary/aromatic N) is 1. The highest BCUT2D eigenvalue weighted by molar-refractivity contribution is 14.0. The van der Waals surface area contributed by atoms with E-state index in [1.165, 1.54) is 7.11 Å². The second-order valence-electron chi connectivity index (χ2n) is 6.13. The van der Waals surface area contributed by atoms with Crippen LogP contribution in [0.1, 0.15) is 11.1 Å². The lowest BCUT2D eigenvalue weighted by molar-refractivity contribution is 0.204. The summed E-state index contributed by atoms with van der Waals surface area (Å²) in [6.07, 6.45) is 0. The number of hydrogen-bond donors (Lipinski definition) is 3. The van der Waals surface area contributed by atoms with Gasteiger partial charge in [-0.15, -0.1) is 24.0 Å². The molecule has 0 saturated heterocycles. The van der Waals surface area contributed by atoms with Crippen LogP contribution in [0.5, 0.6) is 5.75 Å². The minimum Gasteiger partial charge on any atom is -0.496 e. The number of hydrogen-bond acceptors (Lipinski definition) is 5. The van der Waals surface area contributed by atoms with E-state index in [-0.39, 0.29) is 35.4 Å². The minimum atomic E-state index is -3.57. The predicted octanol–water partition coefficient (Wildman–Crippen LogP) is 2.10. The summed E-state index contributed by atoms with van der Waals surface area (Å²) in [5.74, 6) is 1.40. The molecular formula is C20H29IN4O4S. The molecule has 2 aromatic carbocycles. The van der Waals surface area contributed by atoms with Crippen molar-refractivity contribution in [2.75, 3.05) is 34.4 Å². The van der Waals surface area contributed by atoms with E-state index in [1.54, 1.807) is 32.4 Å². The summed E-state index contributed by atoms with van der Waals surface area (Å²) in [5, 5.41) is 6.41. The number of ether oxygens (including phenoxy) is 2. The molecular weight excluding hydrogens is 519 g/mol. The van der Waals surface area contributed by atoms with Gasteiger partial charge in [-0.1, -0.05) is 30.3 Å². The van der Waals surface area contributed by atoms with Crippen LogP contribution >= 0.6 is 24.0 Å². The molecule has 2 aromatic rings. The van der Waals surface area contributed by atoms with Crippen molar-refractivity contribution in [2.45, 2.75) is 18.0 Å². The average molecular weight is 548 g/mol. The summed E-state index contributed by atoms with van der Waals surface area (Å²) in [5.41, 5.74) is 1.83. The number of para-hydroxylation sites is 1. The van der Waals surface area contributed by atoms with Crippen LogP contribution < -0.4 is 20.1 Å². The van der Waals surface area contributed by atoms with Crippen LogP contribution in [0.3, 0.4) is 0 Å². The number of rotatable bonds is 10. The lowest BCUT2D eigenvalue weighted by Crippen LogP contribution is -2.36. The van der Waals surface area contributed by atoms with Crippen molar-refractivity contribution in [1.82, 2.24) is 15.4 Å². The van der Waals surface area contributed by atoms with Gasteiger partial charge in [0.25, 0.3) is 0 Å². The first-order valence-corrected chi connectivity index (χ1v) is 10.6. The molecule has 0 aliphatic carbocycles. The van der Waals surface area contributed by atoms with Gasteiger partial charge in [0.05, 0.1) is 18.6 Å². The molecule has 30 heavy (non-hydrogen) atoms. The van der Waals surface area contributed by atoms with Crippen molar-refractivity contribution in [3.63, 3.8) is 0 Å². The van der Waals surface area contributed by atoms with Crippen LogP contribution in [-0.4, -0.2) is 48.8 Å². The SMILES string of the molecule is CN=C(NCc1cccc(S(=O)(=O)NCCOC)c1)NCc1ccccc1OC.I. The van der Waals surface area contributed by atoms with Gasteiger partial charge in [-0.25, -0.2) is 13.1 Å². The normalized spacial score (nSPS) is 11.5. The molecule has 0 spiro atoms. The Balaban J connectivity index is 0.00000450.